The van der Waals surface area contributed by atoms with Crippen LogP contribution in [0.25, 0.3) is 0 Å². The van der Waals surface area contributed by atoms with Gasteiger partial charge in [-0.3, -0.25) is 4.79 Å². The molecule has 0 saturated heterocycles. The van der Waals surface area contributed by atoms with Crippen LogP contribution in [-0.4, -0.2) is 5.91 Å². The lowest BCUT2D eigenvalue weighted by atomic mass is 10.2. The fraction of sp³-hybridized carbons (Fsp3) is 0. The predicted octanol–water partition coefficient (Wildman–Crippen LogP) is 4.85. The van der Waals surface area contributed by atoms with Crippen LogP contribution in [0.15, 0.2) is 42.5 Å². The molecule has 2 aromatic carbocycles. The molecule has 0 aliphatic heterocycles. The molecule has 2 aromatic rings. The first kappa shape index (κ1) is 13.6. The molecular weight excluding hydrogens is 384 g/mol. The SMILES string of the molecule is O=C(Nc1cccc(I)c1)c1cc(Cl)ccc1Cl. The number of hydrogen-bond acceptors (Lipinski definition) is 1. The van der Waals surface area contributed by atoms with Gasteiger partial charge in [-0.15, -0.1) is 0 Å². The monoisotopic (exact) mass is 391 g/mol. The van der Waals surface area contributed by atoms with Crippen LogP contribution >= 0.6 is 45.8 Å². The van der Waals surface area contributed by atoms with E-state index in [1.165, 1.54) is 0 Å². The maximum atomic E-state index is 12.0. The van der Waals surface area contributed by atoms with Crippen molar-refractivity contribution in [3.63, 3.8) is 0 Å². The number of benzene rings is 2. The molecular formula is C13H8Cl2INO. The van der Waals surface area contributed by atoms with Gasteiger partial charge in [0.15, 0.2) is 0 Å². The van der Waals surface area contributed by atoms with Crippen molar-refractivity contribution in [3.8, 4) is 0 Å². The van der Waals surface area contributed by atoms with E-state index in [2.05, 4.69) is 27.9 Å². The zero-order chi connectivity index (χ0) is 13.1. The number of carbonyl (C=O) groups is 1. The van der Waals surface area contributed by atoms with Crippen molar-refractivity contribution in [2.24, 2.45) is 0 Å². The smallest absolute Gasteiger partial charge is 0.257 e. The normalized spacial score (nSPS) is 10.2. The summed E-state index contributed by atoms with van der Waals surface area (Å²) in [5.41, 5.74) is 1.09. The lowest BCUT2D eigenvalue weighted by Gasteiger charge is -2.07. The van der Waals surface area contributed by atoms with Gasteiger partial charge in [0.25, 0.3) is 5.91 Å². The third-order valence-electron chi connectivity index (χ3n) is 2.26. The second-order valence-electron chi connectivity index (χ2n) is 3.59. The van der Waals surface area contributed by atoms with Crippen LogP contribution < -0.4 is 5.32 Å². The molecule has 0 saturated carbocycles. The summed E-state index contributed by atoms with van der Waals surface area (Å²) in [4.78, 5) is 12.0. The van der Waals surface area contributed by atoms with E-state index in [1.54, 1.807) is 18.2 Å². The van der Waals surface area contributed by atoms with Crippen molar-refractivity contribution in [2.45, 2.75) is 0 Å². The van der Waals surface area contributed by atoms with E-state index in [0.717, 1.165) is 9.26 Å². The van der Waals surface area contributed by atoms with E-state index in [0.29, 0.717) is 15.6 Å². The lowest BCUT2D eigenvalue weighted by molar-refractivity contribution is 0.102. The molecule has 0 aliphatic carbocycles. The molecule has 0 unspecified atom stereocenters. The number of hydrogen-bond donors (Lipinski definition) is 1. The molecule has 0 spiro atoms. The Morgan fingerprint density at radius 2 is 1.89 bits per heavy atom. The quantitative estimate of drug-likeness (QED) is 0.728. The van der Waals surface area contributed by atoms with Gasteiger partial charge in [-0.1, -0.05) is 29.3 Å². The summed E-state index contributed by atoms with van der Waals surface area (Å²) in [5, 5.41) is 3.64. The van der Waals surface area contributed by atoms with Gasteiger partial charge in [-0.25, -0.2) is 0 Å². The summed E-state index contributed by atoms with van der Waals surface area (Å²) < 4.78 is 1.04. The topological polar surface area (TPSA) is 29.1 Å². The third-order valence-corrected chi connectivity index (χ3v) is 3.49. The summed E-state index contributed by atoms with van der Waals surface area (Å²) in [5.74, 6) is -0.274. The standard InChI is InChI=1S/C13H8Cl2INO/c14-8-4-5-12(15)11(6-8)13(18)17-10-3-1-2-9(16)7-10/h1-7H,(H,17,18). The highest BCUT2D eigenvalue weighted by Gasteiger charge is 2.11. The fourth-order valence-electron chi connectivity index (χ4n) is 1.44. The third kappa shape index (κ3) is 3.37. The Morgan fingerprint density at radius 1 is 1.11 bits per heavy atom. The molecule has 2 rings (SSSR count). The van der Waals surface area contributed by atoms with Gasteiger partial charge in [-0.05, 0) is 59.0 Å². The van der Waals surface area contributed by atoms with Crippen molar-refractivity contribution in [2.75, 3.05) is 5.32 Å². The Kier molecular flexibility index (Phi) is 4.48. The number of amides is 1. The van der Waals surface area contributed by atoms with Crippen LogP contribution in [0.1, 0.15) is 10.4 Å². The van der Waals surface area contributed by atoms with Crippen LogP contribution in [0.5, 0.6) is 0 Å². The minimum absolute atomic E-state index is 0.274. The number of halogens is 3. The molecule has 0 radical (unpaired) electrons. The second kappa shape index (κ2) is 5.91. The van der Waals surface area contributed by atoms with Crippen LogP contribution in [0.4, 0.5) is 5.69 Å². The summed E-state index contributed by atoms with van der Waals surface area (Å²) >= 11 is 14.0. The first-order chi connectivity index (χ1) is 8.56. The van der Waals surface area contributed by atoms with Crippen LogP contribution in [0.3, 0.4) is 0 Å². The van der Waals surface area contributed by atoms with E-state index < -0.39 is 0 Å². The number of nitrogens with one attached hydrogen (secondary N) is 1. The molecule has 1 N–H and O–H groups in total. The Bertz CT molecular complexity index is 601. The zero-order valence-electron chi connectivity index (χ0n) is 9.08. The Morgan fingerprint density at radius 3 is 2.61 bits per heavy atom. The summed E-state index contributed by atoms with van der Waals surface area (Å²) in [7, 11) is 0. The average molecular weight is 392 g/mol. The minimum atomic E-state index is -0.274. The molecule has 0 heterocycles. The average Bonchev–Trinajstić information content (AvgIpc) is 2.32. The van der Waals surface area contributed by atoms with E-state index in [1.807, 2.05) is 24.3 Å². The van der Waals surface area contributed by atoms with Crippen molar-refractivity contribution < 1.29 is 4.79 Å². The highest BCUT2D eigenvalue weighted by atomic mass is 127. The lowest BCUT2D eigenvalue weighted by Crippen LogP contribution is -2.12. The molecule has 0 bridgehead atoms. The molecule has 0 atom stereocenters. The Balaban J connectivity index is 2.24. The first-order valence-corrected chi connectivity index (χ1v) is 6.92. The minimum Gasteiger partial charge on any atom is -0.322 e. The van der Waals surface area contributed by atoms with Crippen LogP contribution in [-0.2, 0) is 0 Å². The Hall–Kier alpha value is -0.780. The number of anilines is 1. The molecule has 1 amide bonds. The molecule has 18 heavy (non-hydrogen) atoms. The fourth-order valence-corrected chi connectivity index (χ4v) is 2.35. The van der Waals surface area contributed by atoms with Gasteiger partial charge in [0.05, 0.1) is 10.6 Å². The van der Waals surface area contributed by atoms with Gasteiger partial charge < -0.3 is 5.32 Å². The van der Waals surface area contributed by atoms with Crippen molar-refractivity contribution in [3.05, 3.63) is 61.6 Å². The maximum Gasteiger partial charge on any atom is 0.257 e. The molecule has 5 heteroatoms. The highest BCUT2D eigenvalue weighted by Crippen LogP contribution is 2.22. The van der Waals surface area contributed by atoms with Crippen LogP contribution in [0, 0.1) is 3.57 Å². The van der Waals surface area contributed by atoms with E-state index in [9.17, 15) is 4.79 Å². The highest BCUT2D eigenvalue weighted by molar-refractivity contribution is 14.1. The summed E-state index contributed by atoms with van der Waals surface area (Å²) in [6.07, 6.45) is 0. The number of carbonyl (C=O) groups excluding carboxylic acids is 1. The van der Waals surface area contributed by atoms with Gasteiger partial charge in [0, 0.05) is 14.3 Å². The van der Waals surface area contributed by atoms with E-state index in [4.69, 9.17) is 23.2 Å². The molecule has 0 aromatic heterocycles. The zero-order valence-corrected chi connectivity index (χ0v) is 12.8. The van der Waals surface area contributed by atoms with Gasteiger partial charge in [0.1, 0.15) is 0 Å². The van der Waals surface area contributed by atoms with E-state index >= 15 is 0 Å². The molecule has 0 aliphatic rings. The van der Waals surface area contributed by atoms with Crippen molar-refractivity contribution in [1.82, 2.24) is 0 Å². The maximum absolute atomic E-state index is 12.0. The number of rotatable bonds is 2. The molecule has 2 nitrogen and oxygen atoms in total. The van der Waals surface area contributed by atoms with Gasteiger partial charge in [-0.2, -0.15) is 0 Å². The molecule has 92 valence electrons. The van der Waals surface area contributed by atoms with Crippen LogP contribution in [0.2, 0.25) is 10.0 Å². The van der Waals surface area contributed by atoms with Crippen molar-refractivity contribution >= 4 is 57.4 Å². The van der Waals surface area contributed by atoms with Gasteiger partial charge in [0.2, 0.25) is 0 Å². The summed E-state index contributed by atoms with van der Waals surface area (Å²) in [6.45, 7) is 0. The largest absolute Gasteiger partial charge is 0.322 e. The summed E-state index contributed by atoms with van der Waals surface area (Å²) in [6, 6.07) is 12.3. The first-order valence-electron chi connectivity index (χ1n) is 5.08. The van der Waals surface area contributed by atoms with E-state index in [-0.39, 0.29) is 5.91 Å². The Labute approximate surface area is 128 Å². The van der Waals surface area contributed by atoms with Crippen molar-refractivity contribution in [1.29, 1.82) is 0 Å². The predicted molar refractivity (Wildman–Crippen MR) is 83.6 cm³/mol. The van der Waals surface area contributed by atoms with Gasteiger partial charge >= 0.3 is 0 Å². The molecule has 0 fully saturated rings. The second-order valence-corrected chi connectivity index (χ2v) is 5.68.